The molecule has 0 unspecified atom stereocenters. The van der Waals surface area contributed by atoms with Gasteiger partial charge in [-0.1, -0.05) is 18.3 Å². The van der Waals surface area contributed by atoms with Gasteiger partial charge in [-0.05, 0) is 32.0 Å². The van der Waals surface area contributed by atoms with E-state index in [1.807, 2.05) is 47.5 Å². The minimum Gasteiger partial charge on any atom is -0.319 e. The molecule has 78 valence electrons. The van der Waals surface area contributed by atoms with Crippen molar-refractivity contribution in [1.82, 2.24) is 14.3 Å². The number of rotatable bonds is 2. The van der Waals surface area contributed by atoms with Crippen LogP contribution in [0.25, 0.3) is 0 Å². The Kier molecular flexibility index (Phi) is 2.68. The number of nitrogens with zero attached hydrogens (tertiary/aromatic N) is 3. The summed E-state index contributed by atoms with van der Waals surface area (Å²) in [4.78, 5) is 0. The third-order valence-electron chi connectivity index (χ3n) is 2.29. The van der Waals surface area contributed by atoms with Gasteiger partial charge in [-0.2, -0.15) is 5.10 Å². The molecule has 0 aliphatic heterocycles. The van der Waals surface area contributed by atoms with Crippen LogP contribution in [-0.2, 0) is 6.67 Å². The summed E-state index contributed by atoms with van der Waals surface area (Å²) < 4.78 is 4.77. The molecule has 0 bridgehead atoms. The van der Waals surface area contributed by atoms with E-state index in [-0.39, 0.29) is 0 Å². The molecule has 0 fully saturated rings. The molecule has 0 saturated heterocycles. The first-order valence-electron chi connectivity index (χ1n) is 4.83. The van der Waals surface area contributed by atoms with Crippen LogP contribution >= 0.6 is 12.2 Å². The molecule has 0 amide bonds. The molecule has 0 N–H and O–H groups in total. The molecule has 15 heavy (non-hydrogen) atoms. The maximum Gasteiger partial charge on any atom is 0.117 e. The fourth-order valence-electron chi connectivity index (χ4n) is 1.54. The highest BCUT2D eigenvalue weighted by molar-refractivity contribution is 7.71. The van der Waals surface area contributed by atoms with Crippen LogP contribution in [-0.4, -0.2) is 14.3 Å². The maximum atomic E-state index is 5.22. The first-order valence-corrected chi connectivity index (χ1v) is 5.24. The van der Waals surface area contributed by atoms with Gasteiger partial charge >= 0.3 is 0 Å². The van der Waals surface area contributed by atoms with Gasteiger partial charge in [0.2, 0.25) is 0 Å². The molecule has 3 nitrogen and oxygen atoms in total. The summed E-state index contributed by atoms with van der Waals surface area (Å²) in [5.41, 5.74) is 2.19. The van der Waals surface area contributed by atoms with Crippen molar-refractivity contribution in [2.75, 3.05) is 0 Å². The number of pyridine rings is 1. The highest BCUT2D eigenvalue weighted by Crippen LogP contribution is 2.03. The average Bonchev–Trinajstić information content (AvgIpc) is 2.49. The van der Waals surface area contributed by atoms with E-state index >= 15 is 0 Å². The van der Waals surface area contributed by atoms with E-state index in [1.165, 1.54) is 0 Å². The second kappa shape index (κ2) is 3.98. The predicted molar refractivity (Wildman–Crippen MR) is 62.4 cm³/mol. The highest BCUT2D eigenvalue weighted by Gasteiger charge is 2.00. The summed E-state index contributed by atoms with van der Waals surface area (Å²) in [6.07, 6.45) is 1.97. The molecule has 0 aliphatic carbocycles. The van der Waals surface area contributed by atoms with Crippen molar-refractivity contribution in [3.63, 3.8) is 0 Å². The molecule has 2 aromatic rings. The van der Waals surface area contributed by atoms with E-state index in [1.54, 1.807) is 0 Å². The van der Waals surface area contributed by atoms with Crippen LogP contribution in [0.5, 0.6) is 0 Å². The fraction of sp³-hybridized carbons (Fsp3) is 0.273. The summed E-state index contributed by atoms with van der Waals surface area (Å²) in [5, 5.41) is 4.40. The quantitative estimate of drug-likeness (QED) is 0.724. The zero-order valence-electron chi connectivity index (χ0n) is 8.84. The summed E-state index contributed by atoms with van der Waals surface area (Å²) in [6, 6.07) is 7.90. The SMILES string of the molecule is Cc1cc(C)n(Cn2ccccc2=S)n1. The molecule has 0 aliphatic rings. The molecule has 2 rings (SSSR count). The van der Waals surface area contributed by atoms with Gasteiger partial charge in [0.15, 0.2) is 0 Å². The Morgan fingerprint density at radius 2 is 2.13 bits per heavy atom. The highest BCUT2D eigenvalue weighted by atomic mass is 32.1. The minimum absolute atomic E-state index is 0.680. The lowest BCUT2D eigenvalue weighted by atomic mass is 10.4. The van der Waals surface area contributed by atoms with Crippen LogP contribution in [0.4, 0.5) is 0 Å². The molecule has 2 heterocycles. The largest absolute Gasteiger partial charge is 0.319 e. The average molecular weight is 219 g/mol. The number of aryl methyl sites for hydroxylation is 2. The van der Waals surface area contributed by atoms with Gasteiger partial charge in [0.25, 0.3) is 0 Å². The van der Waals surface area contributed by atoms with Gasteiger partial charge in [-0.15, -0.1) is 0 Å². The Morgan fingerprint density at radius 1 is 1.33 bits per heavy atom. The summed E-state index contributed by atoms with van der Waals surface area (Å²) in [5.74, 6) is 0. The van der Waals surface area contributed by atoms with Crippen molar-refractivity contribution in [2.24, 2.45) is 0 Å². The molecule has 0 aromatic carbocycles. The Labute approximate surface area is 94.0 Å². The van der Waals surface area contributed by atoms with Crippen molar-refractivity contribution in [2.45, 2.75) is 20.5 Å². The first kappa shape index (κ1) is 10.1. The second-order valence-electron chi connectivity index (χ2n) is 3.58. The minimum atomic E-state index is 0.680. The van der Waals surface area contributed by atoms with E-state index in [2.05, 4.69) is 11.2 Å². The van der Waals surface area contributed by atoms with Crippen LogP contribution in [0, 0.1) is 18.5 Å². The zero-order valence-corrected chi connectivity index (χ0v) is 9.66. The monoisotopic (exact) mass is 219 g/mol. The van der Waals surface area contributed by atoms with E-state index in [4.69, 9.17) is 12.2 Å². The normalized spacial score (nSPS) is 10.5. The molecule has 2 aromatic heterocycles. The Hall–Kier alpha value is -1.42. The lowest BCUT2D eigenvalue weighted by Crippen LogP contribution is -2.11. The van der Waals surface area contributed by atoms with Crippen molar-refractivity contribution < 1.29 is 0 Å². The van der Waals surface area contributed by atoms with Crippen LogP contribution in [0.1, 0.15) is 11.4 Å². The van der Waals surface area contributed by atoms with Gasteiger partial charge in [0.1, 0.15) is 11.3 Å². The topological polar surface area (TPSA) is 22.8 Å². The van der Waals surface area contributed by atoms with Crippen LogP contribution in [0.3, 0.4) is 0 Å². The van der Waals surface area contributed by atoms with Gasteiger partial charge in [0.05, 0.1) is 5.69 Å². The first-order chi connectivity index (χ1) is 7.16. The Bertz CT molecular complexity index is 525. The third kappa shape index (κ3) is 2.15. The van der Waals surface area contributed by atoms with E-state index in [0.717, 1.165) is 16.0 Å². The number of aromatic nitrogens is 3. The Balaban J connectivity index is 2.34. The van der Waals surface area contributed by atoms with Crippen molar-refractivity contribution in [3.05, 3.63) is 46.5 Å². The maximum absolute atomic E-state index is 5.22. The summed E-state index contributed by atoms with van der Waals surface area (Å²) in [7, 11) is 0. The summed E-state index contributed by atoms with van der Waals surface area (Å²) in [6.45, 7) is 4.72. The van der Waals surface area contributed by atoms with E-state index in [9.17, 15) is 0 Å². The van der Waals surface area contributed by atoms with Gasteiger partial charge in [0, 0.05) is 11.9 Å². The van der Waals surface area contributed by atoms with Crippen molar-refractivity contribution in [3.8, 4) is 0 Å². The number of hydrogen-bond donors (Lipinski definition) is 0. The van der Waals surface area contributed by atoms with Gasteiger partial charge in [-0.3, -0.25) is 0 Å². The fourth-order valence-corrected chi connectivity index (χ4v) is 1.74. The standard InChI is InChI=1S/C11H13N3S/c1-9-7-10(2)14(12-9)8-13-6-4-3-5-11(13)15/h3-7H,8H2,1-2H3. The van der Waals surface area contributed by atoms with Crippen LogP contribution < -0.4 is 0 Å². The lowest BCUT2D eigenvalue weighted by molar-refractivity contribution is 0.527. The molecular weight excluding hydrogens is 206 g/mol. The summed E-state index contributed by atoms with van der Waals surface area (Å²) >= 11 is 5.22. The van der Waals surface area contributed by atoms with E-state index < -0.39 is 0 Å². The van der Waals surface area contributed by atoms with E-state index in [0.29, 0.717) is 6.67 Å². The number of hydrogen-bond acceptors (Lipinski definition) is 2. The lowest BCUT2D eigenvalue weighted by Gasteiger charge is -2.08. The van der Waals surface area contributed by atoms with Crippen molar-refractivity contribution >= 4 is 12.2 Å². The molecular formula is C11H13N3S. The van der Waals surface area contributed by atoms with Crippen molar-refractivity contribution in [1.29, 1.82) is 0 Å². The van der Waals surface area contributed by atoms with Crippen LogP contribution in [0.2, 0.25) is 0 Å². The molecule has 4 heteroatoms. The molecule has 0 saturated carbocycles. The molecule has 0 radical (unpaired) electrons. The molecule has 0 atom stereocenters. The van der Waals surface area contributed by atoms with Gasteiger partial charge < -0.3 is 4.57 Å². The van der Waals surface area contributed by atoms with Gasteiger partial charge in [-0.25, -0.2) is 4.68 Å². The molecule has 0 spiro atoms. The third-order valence-corrected chi connectivity index (χ3v) is 2.66. The second-order valence-corrected chi connectivity index (χ2v) is 3.99. The van der Waals surface area contributed by atoms with Crippen LogP contribution in [0.15, 0.2) is 30.5 Å². The Morgan fingerprint density at radius 3 is 2.73 bits per heavy atom. The smallest absolute Gasteiger partial charge is 0.117 e. The predicted octanol–water partition coefficient (Wildman–Crippen LogP) is 2.54. The zero-order chi connectivity index (χ0) is 10.8.